The number of aromatic nitrogens is 1. The van der Waals surface area contributed by atoms with E-state index in [1.807, 2.05) is 11.0 Å². The van der Waals surface area contributed by atoms with E-state index in [4.69, 9.17) is 13.9 Å². The van der Waals surface area contributed by atoms with Gasteiger partial charge in [-0.2, -0.15) is 4.98 Å². The number of nitrogens with zero attached hydrogens (tertiary/aromatic N) is 2. The van der Waals surface area contributed by atoms with Crippen molar-refractivity contribution in [3.05, 3.63) is 53.6 Å². The molecule has 0 atom stereocenters. The highest BCUT2D eigenvalue weighted by Gasteiger charge is 2.32. The molecule has 30 heavy (non-hydrogen) atoms. The maximum absolute atomic E-state index is 11.9. The van der Waals surface area contributed by atoms with E-state index in [0.29, 0.717) is 23.8 Å². The summed E-state index contributed by atoms with van der Waals surface area (Å²) in [5.74, 6) is 0.567. The number of oxazole rings is 1. The number of hydrogen-bond acceptors (Lipinski definition) is 6. The second kappa shape index (κ2) is 9.20. The summed E-state index contributed by atoms with van der Waals surface area (Å²) in [7, 11) is 0. The fourth-order valence-electron chi connectivity index (χ4n) is 3.60. The number of hydrogen-bond donors (Lipinski definition) is 0. The molecule has 3 aromatic rings. The topological polar surface area (TPSA) is 64.8 Å². The van der Waals surface area contributed by atoms with Crippen LogP contribution in [0.1, 0.15) is 49.0 Å². The van der Waals surface area contributed by atoms with Crippen LogP contribution in [0.5, 0.6) is 5.75 Å². The summed E-state index contributed by atoms with van der Waals surface area (Å²) in [6, 6.07) is 14.1. The Kier molecular flexibility index (Phi) is 6.21. The molecule has 0 saturated carbocycles. The Hall–Kier alpha value is -3.02. The van der Waals surface area contributed by atoms with Crippen molar-refractivity contribution in [3.8, 4) is 5.75 Å². The molecule has 1 aromatic heterocycles. The van der Waals surface area contributed by atoms with Gasteiger partial charge in [0.15, 0.2) is 5.58 Å². The second-order valence-electron chi connectivity index (χ2n) is 7.65. The van der Waals surface area contributed by atoms with Crippen molar-refractivity contribution in [1.82, 2.24) is 4.98 Å². The van der Waals surface area contributed by atoms with Gasteiger partial charge in [-0.25, -0.2) is 4.79 Å². The van der Waals surface area contributed by atoms with Gasteiger partial charge in [-0.15, -0.1) is 0 Å². The number of carbonyl (C=O) groups excluding carboxylic acids is 1. The summed E-state index contributed by atoms with van der Waals surface area (Å²) in [5, 5.41) is 0. The first kappa shape index (κ1) is 20.3. The van der Waals surface area contributed by atoms with Crippen molar-refractivity contribution in [1.29, 1.82) is 0 Å². The molecule has 0 unspecified atom stereocenters. The molecule has 0 aliphatic carbocycles. The lowest BCUT2D eigenvalue weighted by Gasteiger charge is -2.37. The molecule has 0 amide bonds. The van der Waals surface area contributed by atoms with Crippen molar-refractivity contribution in [2.75, 3.05) is 24.6 Å². The van der Waals surface area contributed by atoms with Gasteiger partial charge in [0, 0.05) is 0 Å². The largest absolute Gasteiger partial charge is 0.487 e. The minimum Gasteiger partial charge on any atom is -0.487 e. The molecule has 158 valence electrons. The minimum atomic E-state index is -0.355. The summed E-state index contributed by atoms with van der Waals surface area (Å²) in [6.45, 7) is 5.79. The number of fused-ring (bicyclic) bond motifs is 1. The quantitative estimate of drug-likeness (QED) is 0.366. The molecule has 0 N–H and O–H groups in total. The summed E-state index contributed by atoms with van der Waals surface area (Å²) >= 11 is 0. The van der Waals surface area contributed by atoms with Gasteiger partial charge in [0.1, 0.15) is 17.4 Å². The van der Waals surface area contributed by atoms with Crippen molar-refractivity contribution in [2.24, 2.45) is 0 Å². The second-order valence-corrected chi connectivity index (χ2v) is 7.65. The normalized spacial score (nSPS) is 14.0. The Morgan fingerprint density at radius 3 is 2.83 bits per heavy atom. The summed E-state index contributed by atoms with van der Waals surface area (Å²) in [6.07, 6.45) is 4.91. The third-order valence-corrected chi connectivity index (χ3v) is 5.28. The highest BCUT2D eigenvalue weighted by atomic mass is 16.5. The van der Waals surface area contributed by atoms with Crippen LogP contribution in [0.3, 0.4) is 0 Å². The monoisotopic (exact) mass is 408 g/mol. The third kappa shape index (κ3) is 4.58. The van der Waals surface area contributed by atoms with Gasteiger partial charge < -0.3 is 18.8 Å². The molecule has 1 aliphatic heterocycles. The Balaban J connectivity index is 1.34. The lowest BCUT2D eigenvalue weighted by molar-refractivity contribution is 0.0526. The standard InChI is InChI=1S/C24H28N2O4/c1-3-5-6-8-17-9-7-10-19(13-17)29-20-15-26(16-20)24-25-21-12-11-18(14-22(21)30-24)23(27)28-4-2/h7,9-14,20H,3-6,8,15-16H2,1-2H3. The van der Waals surface area contributed by atoms with E-state index in [-0.39, 0.29) is 12.1 Å². The Labute approximate surface area is 176 Å². The van der Waals surface area contributed by atoms with Crippen LogP contribution in [0.4, 0.5) is 6.01 Å². The fraction of sp³-hybridized carbons (Fsp3) is 0.417. The first-order valence-electron chi connectivity index (χ1n) is 10.7. The molecule has 0 radical (unpaired) electrons. The molecule has 6 nitrogen and oxygen atoms in total. The van der Waals surface area contributed by atoms with Gasteiger partial charge in [-0.05, 0) is 55.7 Å². The number of unbranched alkanes of at least 4 members (excludes halogenated alkanes) is 2. The highest BCUT2D eigenvalue weighted by Crippen LogP contribution is 2.28. The smallest absolute Gasteiger partial charge is 0.338 e. The van der Waals surface area contributed by atoms with E-state index < -0.39 is 0 Å². The summed E-state index contributed by atoms with van der Waals surface area (Å²) < 4.78 is 17.0. The van der Waals surface area contributed by atoms with Crippen LogP contribution in [0.2, 0.25) is 0 Å². The average Bonchev–Trinajstić information content (AvgIpc) is 3.13. The van der Waals surface area contributed by atoms with Crippen LogP contribution in [0.25, 0.3) is 11.1 Å². The van der Waals surface area contributed by atoms with E-state index in [1.54, 1.807) is 25.1 Å². The van der Waals surface area contributed by atoms with Crippen LogP contribution < -0.4 is 9.64 Å². The zero-order valence-corrected chi connectivity index (χ0v) is 17.6. The Bertz CT molecular complexity index is 1010. The molecule has 1 fully saturated rings. The Morgan fingerprint density at radius 1 is 1.17 bits per heavy atom. The van der Waals surface area contributed by atoms with Gasteiger partial charge in [0.2, 0.25) is 0 Å². The average molecular weight is 408 g/mol. The first-order chi connectivity index (χ1) is 14.7. The molecule has 2 heterocycles. The van der Waals surface area contributed by atoms with Crippen LogP contribution >= 0.6 is 0 Å². The molecule has 0 bridgehead atoms. The number of ether oxygens (including phenoxy) is 2. The van der Waals surface area contributed by atoms with Crippen LogP contribution in [-0.2, 0) is 11.2 Å². The molecule has 6 heteroatoms. The van der Waals surface area contributed by atoms with Gasteiger partial charge in [-0.3, -0.25) is 0 Å². The van der Waals surface area contributed by atoms with Crippen molar-refractivity contribution in [3.63, 3.8) is 0 Å². The van der Waals surface area contributed by atoms with E-state index in [9.17, 15) is 4.79 Å². The van der Waals surface area contributed by atoms with Crippen molar-refractivity contribution >= 4 is 23.1 Å². The molecule has 1 saturated heterocycles. The number of benzene rings is 2. The summed E-state index contributed by atoms with van der Waals surface area (Å²) in [5.41, 5.74) is 3.10. The van der Waals surface area contributed by atoms with E-state index in [2.05, 4.69) is 30.1 Å². The molecule has 1 aliphatic rings. The third-order valence-electron chi connectivity index (χ3n) is 5.28. The first-order valence-corrected chi connectivity index (χ1v) is 10.7. The predicted molar refractivity (Wildman–Crippen MR) is 116 cm³/mol. The summed E-state index contributed by atoms with van der Waals surface area (Å²) in [4.78, 5) is 18.5. The van der Waals surface area contributed by atoms with Crippen molar-refractivity contribution in [2.45, 2.75) is 45.6 Å². The maximum atomic E-state index is 11.9. The van der Waals surface area contributed by atoms with E-state index in [0.717, 1.165) is 30.8 Å². The minimum absolute atomic E-state index is 0.112. The zero-order valence-electron chi connectivity index (χ0n) is 17.6. The fourth-order valence-corrected chi connectivity index (χ4v) is 3.60. The number of carbonyl (C=O) groups is 1. The SMILES string of the molecule is CCCCCc1cccc(OC2CN(c3nc4ccc(C(=O)OCC)cc4o3)C2)c1. The van der Waals surface area contributed by atoms with Gasteiger partial charge in [0.05, 0.1) is 25.3 Å². The number of anilines is 1. The molecule has 4 rings (SSSR count). The molecular formula is C24H28N2O4. The molecule has 0 spiro atoms. The zero-order chi connectivity index (χ0) is 20.9. The number of rotatable bonds is 9. The Morgan fingerprint density at radius 2 is 2.03 bits per heavy atom. The molecular weight excluding hydrogens is 380 g/mol. The van der Waals surface area contributed by atoms with Gasteiger partial charge in [-0.1, -0.05) is 31.9 Å². The number of aryl methyl sites for hydroxylation is 1. The van der Waals surface area contributed by atoms with Crippen LogP contribution in [0, 0.1) is 0 Å². The number of esters is 1. The highest BCUT2D eigenvalue weighted by molar-refractivity contribution is 5.93. The maximum Gasteiger partial charge on any atom is 0.338 e. The van der Waals surface area contributed by atoms with Crippen LogP contribution in [-0.4, -0.2) is 36.8 Å². The van der Waals surface area contributed by atoms with E-state index >= 15 is 0 Å². The van der Waals surface area contributed by atoms with Crippen LogP contribution in [0.15, 0.2) is 46.9 Å². The molecule has 2 aromatic carbocycles. The lowest BCUT2D eigenvalue weighted by atomic mass is 10.1. The van der Waals surface area contributed by atoms with Gasteiger partial charge in [0.25, 0.3) is 6.01 Å². The lowest BCUT2D eigenvalue weighted by Crippen LogP contribution is -2.54. The van der Waals surface area contributed by atoms with Gasteiger partial charge >= 0.3 is 5.97 Å². The predicted octanol–water partition coefficient (Wildman–Crippen LogP) is 5.00. The van der Waals surface area contributed by atoms with Crippen molar-refractivity contribution < 1.29 is 18.7 Å². The van der Waals surface area contributed by atoms with E-state index in [1.165, 1.54) is 24.8 Å².